The molecule has 0 aromatic carbocycles. The Bertz CT molecular complexity index is 444. The van der Waals surface area contributed by atoms with E-state index in [1.807, 2.05) is 13.8 Å². The number of rotatable bonds is 10. The highest BCUT2D eigenvalue weighted by molar-refractivity contribution is 7.99. The summed E-state index contributed by atoms with van der Waals surface area (Å²) in [4.78, 5) is 45.2. The van der Waals surface area contributed by atoms with Crippen LogP contribution in [0, 0.1) is 0 Å². The number of amides is 3. The minimum absolute atomic E-state index is 0.116. The molecule has 132 valence electrons. The lowest BCUT2D eigenvalue weighted by Gasteiger charge is -2.19. The van der Waals surface area contributed by atoms with E-state index >= 15 is 0 Å². The van der Waals surface area contributed by atoms with Gasteiger partial charge in [-0.15, -0.1) is 0 Å². The second-order valence-corrected chi connectivity index (χ2v) is 6.76. The number of ketones is 1. The maximum Gasteiger partial charge on any atom is 0.322 e. The summed E-state index contributed by atoms with van der Waals surface area (Å²) in [5.74, 6) is -1.60. The average molecular weight is 348 g/mol. The van der Waals surface area contributed by atoms with E-state index in [0.29, 0.717) is 5.75 Å². The van der Waals surface area contributed by atoms with E-state index in [0.717, 1.165) is 0 Å². The van der Waals surface area contributed by atoms with E-state index in [1.54, 1.807) is 0 Å². The fraction of sp³-hybridized carbons (Fsp3) is 0.692. The molecule has 0 bridgehead atoms. The largest absolute Gasteiger partial charge is 0.480 e. The zero-order valence-electron chi connectivity index (χ0n) is 13.4. The molecule has 0 rings (SSSR count). The minimum Gasteiger partial charge on any atom is -0.480 e. The van der Waals surface area contributed by atoms with Gasteiger partial charge in [0.05, 0.1) is 6.54 Å². The smallest absolute Gasteiger partial charge is 0.322 e. The van der Waals surface area contributed by atoms with Crippen LogP contribution in [0.25, 0.3) is 0 Å². The molecule has 0 aliphatic rings. The molecule has 0 aromatic rings. The van der Waals surface area contributed by atoms with Crippen LogP contribution in [0.4, 0.5) is 4.79 Å². The van der Waals surface area contributed by atoms with Gasteiger partial charge in [-0.2, -0.15) is 11.8 Å². The molecular weight excluding hydrogens is 324 g/mol. The highest BCUT2D eigenvalue weighted by Gasteiger charge is 2.22. The van der Waals surface area contributed by atoms with Crippen molar-refractivity contribution in [2.45, 2.75) is 38.1 Å². The molecule has 9 nitrogen and oxygen atoms in total. The topological polar surface area (TPSA) is 151 Å². The van der Waals surface area contributed by atoms with Crippen LogP contribution >= 0.6 is 11.8 Å². The number of hydrogen-bond donors (Lipinski definition) is 5. The van der Waals surface area contributed by atoms with Gasteiger partial charge < -0.3 is 26.8 Å². The fourth-order valence-electron chi connectivity index (χ4n) is 1.31. The molecule has 10 heteroatoms. The van der Waals surface area contributed by atoms with Crippen molar-refractivity contribution in [2.24, 2.45) is 5.73 Å². The van der Waals surface area contributed by atoms with Crippen molar-refractivity contribution in [1.82, 2.24) is 16.0 Å². The first-order chi connectivity index (χ1) is 10.6. The molecule has 3 amide bonds. The average Bonchev–Trinajstić information content (AvgIpc) is 2.45. The summed E-state index contributed by atoms with van der Waals surface area (Å²) in [6.45, 7) is 4.85. The van der Waals surface area contributed by atoms with Gasteiger partial charge in [-0.25, -0.2) is 4.79 Å². The third-order valence-corrected chi connectivity index (χ3v) is 3.72. The number of nitrogens with one attached hydrogen (secondary N) is 3. The van der Waals surface area contributed by atoms with E-state index in [9.17, 15) is 19.2 Å². The van der Waals surface area contributed by atoms with Crippen molar-refractivity contribution in [1.29, 1.82) is 0 Å². The molecule has 0 aliphatic heterocycles. The van der Waals surface area contributed by atoms with E-state index in [-0.39, 0.29) is 24.1 Å². The number of hydrogen-bond acceptors (Lipinski definition) is 6. The lowest BCUT2D eigenvalue weighted by Crippen LogP contribution is -2.54. The molecular formula is C13H24N4O5S. The number of urea groups is 1. The van der Waals surface area contributed by atoms with E-state index < -0.39 is 30.0 Å². The maximum absolute atomic E-state index is 12.0. The summed E-state index contributed by atoms with van der Waals surface area (Å²) < 4.78 is 0. The SMILES string of the molecule is CC(=O)CNC(=O)C(CSC(C)C)NC(=O)NCC(N)C(=O)O. The molecule has 0 aliphatic carbocycles. The van der Waals surface area contributed by atoms with Gasteiger partial charge in [-0.05, 0) is 12.2 Å². The minimum atomic E-state index is -1.24. The van der Waals surface area contributed by atoms with Crippen molar-refractivity contribution in [3.05, 3.63) is 0 Å². The molecule has 0 heterocycles. The molecule has 2 atom stereocenters. The van der Waals surface area contributed by atoms with Crippen LogP contribution in [0.5, 0.6) is 0 Å². The van der Waals surface area contributed by atoms with Gasteiger partial charge in [-0.3, -0.25) is 14.4 Å². The Labute approximate surface area is 139 Å². The van der Waals surface area contributed by atoms with E-state index in [2.05, 4.69) is 16.0 Å². The summed E-state index contributed by atoms with van der Waals surface area (Å²) >= 11 is 1.47. The number of aliphatic carboxylic acids is 1. The molecule has 2 unspecified atom stereocenters. The molecule has 0 aromatic heterocycles. The lowest BCUT2D eigenvalue weighted by atomic mass is 10.3. The third-order valence-electron chi connectivity index (χ3n) is 2.53. The van der Waals surface area contributed by atoms with Crippen LogP contribution in [-0.2, 0) is 14.4 Å². The van der Waals surface area contributed by atoms with Crippen molar-refractivity contribution in [2.75, 3.05) is 18.8 Å². The monoisotopic (exact) mass is 348 g/mol. The van der Waals surface area contributed by atoms with Gasteiger partial charge in [-0.1, -0.05) is 13.8 Å². The summed E-state index contributed by atoms with van der Waals surface area (Å²) in [5.41, 5.74) is 5.27. The highest BCUT2D eigenvalue weighted by Crippen LogP contribution is 2.10. The normalized spacial score (nSPS) is 13.1. The number of carbonyl (C=O) groups excluding carboxylic acids is 3. The standard InChI is InChI=1S/C13H24N4O5S/c1-7(2)23-6-10(11(19)15-4-8(3)18)17-13(22)16-5-9(14)12(20)21/h7,9-10H,4-6,14H2,1-3H3,(H,15,19)(H,20,21)(H2,16,17,22). The molecule has 0 radical (unpaired) electrons. The van der Waals surface area contributed by atoms with Gasteiger partial charge in [0.15, 0.2) is 0 Å². The Hall–Kier alpha value is -1.81. The molecule has 0 saturated heterocycles. The molecule has 0 spiro atoms. The van der Waals surface area contributed by atoms with Crippen molar-refractivity contribution in [3.63, 3.8) is 0 Å². The Morgan fingerprint density at radius 1 is 1.17 bits per heavy atom. The van der Waals surface area contributed by atoms with Crippen molar-refractivity contribution >= 4 is 35.5 Å². The van der Waals surface area contributed by atoms with E-state index in [1.165, 1.54) is 18.7 Å². The first-order valence-electron chi connectivity index (χ1n) is 7.05. The first kappa shape index (κ1) is 21.2. The van der Waals surface area contributed by atoms with Gasteiger partial charge in [0.2, 0.25) is 5.91 Å². The Balaban J connectivity index is 4.54. The van der Waals surface area contributed by atoms with Crippen LogP contribution in [0.2, 0.25) is 0 Å². The number of carbonyl (C=O) groups is 4. The van der Waals surface area contributed by atoms with Crippen LogP contribution in [0.3, 0.4) is 0 Å². The second kappa shape index (κ2) is 10.8. The van der Waals surface area contributed by atoms with Crippen LogP contribution in [0.15, 0.2) is 0 Å². The van der Waals surface area contributed by atoms with Gasteiger partial charge in [0.1, 0.15) is 17.9 Å². The molecule has 23 heavy (non-hydrogen) atoms. The highest BCUT2D eigenvalue weighted by atomic mass is 32.2. The van der Waals surface area contributed by atoms with Crippen LogP contribution in [0.1, 0.15) is 20.8 Å². The number of Topliss-reactive ketones (excluding diaryl/α,β-unsaturated/α-hetero) is 1. The van der Waals surface area contributed by atoms with Crippen molar-refractivity contribution < 1.29 is 24.3 Å². The quantitative estimate of drug-likeness (QED) is 0.336. The summed E-state index contributed by atoms with van der Waals surface area (Å²) in [6.07, 6.45) is 0. The predicted molar refractivity (Wildman–Crippen MR) is 87.2 cm³/mol. The summed E-state index contributed by atoms with van der Waals surface area (Å²) in [5, 5.41) is 16.1. The second-order valence-electron chi connectivity index (χ2n) is 5.15. The fourth-order valence-corrected chi connectivity index (χ4v) is 2.12. The lowest BCUT2D eigenvalue weighted by molar-refractivity contribution is -0.138. The van der Waals surface area contributed by atoms with Gasteiger partial charge in [0.25, 0.3) is 0 Å². The third kappa shape index (κ3) is 10.5. The number of thioether (sulfide) groups is 1. The van der Waals surface area contributed by atoms with Crippen molar-refractivity contribution in [3.8, 4) is 0 Å². The molecule has 6 N–H and O–H groups in total. The number of carboxylic acid groups (broad SMARTS) is 1. The molecule has 0 saturated carbocycles. The van der Waals surface area contributed by atoms with Gasteiger partial charge in [0, 0.05) is 12.3 Å². The number of carboxylic acids is 1. The van der Waals surface area contributed by atoms with E-state index in [4.69, 9.17) is 10.8 Å². The van der Waals surface area contributed by atoms with Gasteiger partial charge >= 0.3 is 12.0 Å². The number of nitrogens with two attached hydrogens (primary N) is 1. The van der Waals surface area contributed by atoms with Crippen LogP contribution < -0.4 is 21.7 Å². The zero-order chi connectivity index (χ0) is 18.0. The predicted octanol–water partition coefficient (Wildman–Crippen LogP) is -1.09. The zero-order valence-corrected chi connectivity index (χ0v) is 14.2. The van der Waals surface area contributed by atoms with Crippen LogP contribution in [-0.4, -0.2) is 65.0 Å². The Kier molecular flexibility index (Phi) is 9.99. The summed E-state index contributed by atoms with van der Waals surface area (Å²) in [6, 6.07) is -2.77. The molecule has 0 fully saturated rings. The first-order valence-corrected chi connectivity index (χ1v) is 8.09. The Morgan fingerprint density at radius 2 is 1.78 bits per heavy atom. The Morgan fingerprint density at radius 3 is 2.26 bits per heavy atom. The maximum atomic E-state index is 12.0. The summed E-state index contributed by atoms with van der Waals surface area (Å²) in [7, 11) is 0.